The number of hydrogen-bond donors (Lipinski definition) is 1. The Bertz CT molecular complexity index is 762. The molecule has 0 aliphatic carbocycles. The molecule has 1 saturated heterocycles. The number of thiophene rings is 1. The number of fused-ring (bicyclic) bond motifs is 1. The fraction of sp³-hybridized carbons (Fsp3) is 0.308. The number of rotatable bonds is 2. The standard InChI is InChI=1S/C13H14N6OS/c14-11-10(9-1-6-21-8-9)7-15-12-16-13(17-19(11)12)18-2-4-20-5-3-18/h1,6-8H,2-5,14H2. The summed E-state index contributed by atoms with van der Waals surface area (Å²) in [5.74, 6) is 1.73. The van der Waals surface area contributed by atoms with Crippen molar-refractivity contribution in [3.8, 4) is 11.1 Å². The Morgan fingerprint density at radius 3 is 2.90 bits per heavy atom. The van der Waals surface area contributed by atoms with Crippen molar-refractivity contribution in [2.75, 3.05) is 36.9 Å². The molecule has 21 heavy (non-hydrogen) atoms. The Kier molecular flexibility index (Phi) is 2.97. The van der Waals surface area contributed by atoms with Gasteiger partial charge in [-0.3, -0.25) is 0 Å². The van der Waals surface area contributed by atoms with Crippen LogP contribution >= 0.6 is 11.3 Å². The van der Waals surface area contributed by atoms with E-state index in [0.29, 0.717) is 30.8 Å². The van der Waals surface area contributed by atoms with Crippen molar-refractivity contribution in [3.05, 3.63) is 23.0 Å². The summed E-state index contributed by atoms with van der Waals surface area (Å²) in [6, 6.07) is 2.02. The fourth-order valence-electron chi connectivity index (χ4n) is 2.38. The van der Waals surface area contributed by atoms with Crippen LogP contribution in [0.5, 0.6) is 0 Å². The monoisotopic (exact) mass is 302 g/mol. The molecule has 0 radical (unpaired) electrons. The van der Waals surface area contributed by atoms with Crippen molar-refractivity contribution < 1.29 is 4.74 Å². The molecule has 1 fully saturated rings. The minimum Gasteiger partial charge on any atom is -0.383 e. The number of nitrogens with two attached hydrogens (primary N) is 1. The van der Waals surface area contributed by atoms with E-state index in [4.69, 9.17) is 10.5 Å². The van der Waals surface area contributed by atoms with E-state index in [0.717, 1.165) is 24.2 Å². The smallest absolute Gasteiger partial charge is 0.255 e. The second kappa shape index (κ2) is 4.97. The summed E-state index contributed by atoms with van der Waals surface area (Å²) in [6.07, 6.45) is 1.75. The molecule has 2 N–H and O–H groups in total. The molecule has 0 unspecified atom stereocenters. The lowest BCUT2D eigenvalue weighted by Crippen LogP contribution is -2.36. The molecular weight excluding hydrogens is 288 g/mol. The van der Waals surface area contributed by atoms with E-state index < -0.39 is 0 Å². The predicted octanol–water partition coefficient (Wildman–Crippen LogP) is 1.27. The summed E-state index contributed by atoms with van der Waals surface area (Å²) >= 11 is 1.63. The Morgan fingerprint density at radius 1 is 1.29 bits per heavy atom. The highest BCUT2D eigenvalue weighted by atomic mass is 32.1. The summed E-state index contributed by atoms with van der Waals surface area (Å²) in [7, 11) is 0. The third-order valence-electron chi connectivity index (χ3n) is 3.52. The van der Waals surface area contributed by atoms with Crippen molar-refractivity contribution >= 4 is 28.9 Å². The van der Waals surface area contributed by atoms with E-state index in [1.54, 1.807) is 22.0 Å². The van der Waals surface area contributed by atoms with E-state index >= 15 is 0 Å². The van der Waals surface area contributed by atoms with Gasteiger partial charge in [0.15, 0.2) is 0 Å². The Labute approximate surface area is 125 Å². The molecule has 0 aromatic carbocycles. The quantitative estimate of drug-likeness (QED) is 0.768. The number of morpholine rings is 1. The van der Waals surface area contributed by atoms with Gasteiger partial charge in [0.2, 0.25) is 5.95 Å². The molecular formula is C13H14N6OS. The minimum absolute atomic E-state index is 0.521. The van der Waals surface area contributed by atoms with Crippen molar-refractivity contribution in [3.63, 3.8) is 0 Å². The fourth-order valence-corrected chi connectivity index (χ4v) is 3.03. The summed E-state index contributed by atoms with van der Waals surface area (Å²) < 4.78 is 6.95. The van der Waals surface area contributed by atoms with Crippen LogP contribution in [-0.2, 0) is 4.74 Å². The molecule has 3 aromatic rings. The Balaban J connectivity index is 1.79. The SMILES string of the molecule is Nc1c(-c2ccsc2)cnc2nc(N3CCOCC3)nn12. The molecule has 0 bridgehead atoms. The van der Waals surface area contributed by atoms with Gasteiger partial charge >= 0.3 is 0 Å². The van der Waals surface area contributed by atoms with E-state index in [-0.39, 0.29) is 0 Å². The number of nitrogens with zero attached hydrogens (tertiary/aromatic N) is 5. The van der Waals surface area contributed by atoms with Crippen molar-refractivity contribution in [2.24, 2.45) is 0 Å². The normalized spacial score (nSPS) is 15.7. The van der Waals surface area contributed by atoms with E-state index in [1.165, 1.54) is 0 Å². The highest BCUT2D eigenvalue weighted by molar-refractivity contribution is 7.08. The van der Waals surface area contributed by atoms with Gasteiger partial charge in [-0.1, -0.05) is 0 Å². The molecule has 0 atom stereocenters. The van der Waals surface area contributed by atoms with Crippen LogP contribution in [0, 0.1) is 0 Å². The van der Waals surface area contributed by atoms with Gasteiger partial charge in [-0.2, -0.15) is 20.8 Å². The highest BCUT2D eigenvalue weighted by Crippen LogP contribution is 2.27. The summed E-state index contributed by atoms with van der Waals surface area (Å²) in [5, 5.41) is 8.55. The Morgan fingerprint density at radius 2 is 2.14 bits per heavy atom. The van der Waals surface area contributed by atoms with Gasteiger partial charge in [0.05, 0.1) is 13.2 Å². The topological polar surface area (TPSA) is 81.6 Å². The van der Waals surface area contributed by atoms with Gasteiger partial charge in [0, 0.05) is 24.8 Å². The Hall–Kier alpha value is -2.19. The third-order valence-corrected chi connectivity index (χ3v) is 4.20. The van der Waals surface area contributed by atoms with Crippen molar-refractivity contribution in [1.82, 2.24) is 19.6 Å². The van der Waals surface area contributed by atoms with Crippen LogP contribution in [-0.4, -0.2) is 45.9 Å². The van der Waals surface area contributed by atoms with Gasteiger partial charge in [-0.15, -0.1) is 5.10 Å². The average molecular weight is 302 g/mol. The number of hydrogen-bond acceptors (Lipinski definition) is 7. The maximum atomic E-state index is 6.23. The van der Waals surface area contributed by atoms with Gasteiger partial charge in [-0.05, 0) is 22.4 Å². The first kappa shape index (κ1) is 12.5. The lowest BCUT2D eigenvalue weighted by atomic mass is 10.2. The first-order valence-electron chi connectivity index (χ1n) is 6.69. The molecule has 8 heteroatoms. The first-order valence-corrected chi connectivity index (χ1v) is 7.64. The highest BCUT2D eigenvalue weighted by Gasteiger charge is 2.18. The number of ether oxygens (including phenoxy) is 1. The van der Waals surface area contributed by atoms with Gasteiger partial charge in [-0.25, -0.2) is 4.98 Å². The summed E-state index contributed by atoms with van der Waals surface area (Å²) in [5.41, 5.74) is 8.16. The largest absolute Gasteiger partial charge is 0.383 e. The van der Waals surface area contributed by atoms with Crippen molar-refractivity contribution in [2.45, 2.75) is 0 Å². The lowest BCUT2D eigenvalue weighted by Gasteiger charge is -2.25. The zero-order valence-electron chi connectivity index (χ0n) is 11.3. The molecule has 0 amide bonds. The molecule has 3 aromatic heterocycles. The first-order chi connectivity index (χ1) is 10.3. The van der Waals surface area contributed by atoms with Crippen LogP contribution in [0.2, 0.25) is 0 Å². The van der Waals surface area contributed by atoms with Crippen LogP contribution in [0.15, 0.2) is 23.0 Å². The van der Waals surface area contributed by atoms with Crippen LogP contribution in [0.25, 0.3) is 16.9 Å². The maximum absolute atomic E-state index is 6.23. The summed E-state index contributed by atoms with van der Waals surface area (Å²) in [6.45, 7) is 2.96. The molecule has 1 aliphatic heterocycles. The molecule has 0 saturated carbocycles. The zero-order valence-corrected chi connectivity index (χ0v) is 12.1. The zero-order chi connectivity index (χ0) is 14.2. The molecule has 4 rings (SSSR count). The van der Waals surface area contributed by atoms with Gasteiger partial charge in [0.25, 0.3) is 5.78 Å². The van der Waals surface area contributed by atoms with Crippen LogP contribution < -0.4 is 10.6 Å². The van der Waals surface area contributed by atoms with Crippen molar-refractivity contribution in [1.29, 1.82) is 0 Å². The lowest BCUT2D eigenvalue weighted by molar-refractivity contribution is 0.122. The third kappa shape index (κ3) is 2.12. The second-order valence-corrected chi connectivity index (χ2v) is 5.57. The molecule has 0 spiro atoms. The van der Waals surface area contributed by atoms with E-state index in [1.807, 2.05) is 16.8 Å². The van der Waals surface area contributed by atoms with E-state index in [2.05, 4.69) is 20.0 Å². The number of anilines is 2. The van der Waals surface area contributed by atoms with Gasteiger partial charge in [0.1, 0.15) is 5.82 Å². The van der Waals surface area contributed by atoms with Crippen LogP contribution in [0.1, 0.15) is 0 Å². The number of aromatic nitrogens is 4. The summed E-state index contributed by atoms with van der Waals surface area (Å²) in [4.78, 5) is 10.9. The maximum Gasteiger partial charge on any atom is 0.255 e. The molecule has 1 aliphatic rings. The van der Waals surface area contributed by atoms with Gasteiger partial charge < -0.3 is 15.4 Å². The minimum atomic E-state index is 0.521. The van der Waals surface area contributed by atoms with E-state index in [9.17, 15) is 0 Å². The molecule has 4 heterocycles. The number of nitrogen functional groups attached to an aromatic ring is 1. The van der Waals surface area contributed by atoms with Crippen LogP contribution in [0.4, 0.5) is 11.8 Å². The molecule has 108 valence electrons. The molecule has 7 nitrogen and oxygen atoms in total. The average Bonchev–Trinajstić information content (AvgIpc) is 3.18. The van der Waals surface area contributed by atoms with Crippen LogP contribution in [0.3, 0.4) is 0 Å². The second-order valence-electron chi connectivity index (χ2n) is 4.79. The predicted molar refractivity (Wildman–Crippen MR) is 81.5 cm³/mol.